The molecule has 0 unspecified atom stereocenters. The third kappa shape index (κ3) is 2.86. The predicted molar refractivity (Wildman–Crippen MR) is 57.7 cm³/mol. The minimum Gasteiger partial charge on any atom is -0.381 e. The monoisotopic (exact) mass is 277 g/mol. The lowest BCUT2D eigenvalue weighted by atomic mass is 9.91. The van der Waals surface area contributed by atoms with E-state index < -0.39 is 23.6 Å². The molecular formula is C12H11F4NO2. The fraction of sp³-hybridized carbons (Fsp3) is 0.417. The van der Waals surface area contributed by atoms with E-state index in [4.69, 9.17) is 4.74 Å². The molecule has 1 atom stereocenters. The van der Waals surface area contributed by atoms with Crippen LogP contribution in [0.3, 0.4) is 0 Å². The Morgan fingerprint density at radius 3 is 2.47 bits per heavy atom. The smallest absolute Gasteiger partial charge is 0.381 e. The highest BCUT2D eigenvalue weighted by atomic mass is 19.4. The van der Waals surface area contributed by atoms with Gasteiger partial charge < -0.3 is 10.1 Å². The fourth-order valence-corrected chi connectivity index (χ4v) is 1.98. The molecule has 104 valence electrons. The summed E-state index contributed by atoms with van der Waals surface area (Å²) in [5.41, 5.74) is -1.02. The standard InChI is InChI=1S/C12H11F4NO2/c13-10-3-7(1-2-9(10)12(14,15)16)11(17-6-18)8-4-19-5-8/h1-3,6,8,11H,4-5H2,(H,17,18)/t11-/m0/s1. The quantitative estimate of drug-likeness (QED) is 0.677. The van der Waals surface area contributed by atoms with E-state index in [1.807, 2.05) is 0 Å². The number of carbonyl (C=O) groups excluding carboxylic acids is 1. The molecule has 1 saturated heterocycles. The molecule has 2 rings (SSSR count). The van der Waals surface area contributed by atoms with Gasteiger partial charge in [0, 0.05) is 5.92 Å². The van der Waals surface area contributed by atoms with Crippen molar-refractivity contribution in [1.29, 1.82) is 0 Å². The zero-order valence-electron chi connectivity index (χ0n) is 9.71. The molecule has 19 heavy (non-hydrogen) atoms. The van der Waals surface area contributed by atoms with Gasteiger partial charge in [-0.25, -0.2) is 4.39 Å². The normalized spacial score (nSPS) is 17.7. The number of benzene rings is 1. The van der Waals surface area contributed by atoms with Crippen molar-refractivity contribution in [3.05, 3.63) is 35.1 Å². The van der Waals surface area contributed by atoms with Gasteiger partial charge in [0.05, 0.1) is 24.8 Å². The number of alkyl halides is 3. The van der Waals surface area contributed by atoms with Gasteiger partial charge >= 0.3 is 6.18 Å². The van der Waals surface area contributed by atoms with Crippen LogP contribution in [-0.4, -0.2) is 19.6 Å². The number of hydrogen-bond donors (Lipinski definition) is 1. The minimum atomic E-state index is -4.73. The Bertz CT molecular complexity index is 471. The van der Waals surface area contributed by atoms with Gasteiger partial charge in [0.25, 0.3) is 0 Å². The van der Waals surface area contributed by atoms with Crippen molar-refractivity contribution in [3.63, 3.8) is 0 Å². The van der Waals surface area contributed by atoms with E-state index in [1.165, 1.54) is 6.07 Å². The van der Waals surface area contributed by atoms with Crippen molar-refractivity contribution in [2.24, 2.45) is 5.92 Å². The number of amides is 1. The fourth-order valence-electron chi connectivity index (χ4n) is 1.98. The van der Waals surface area contributed by atoms with Gasteiger partial charge in [-0.05, 0) is 17.7 Å². The van der Waals surface area contributed by atoms with E-state index in [0.717, 1.165) is 6.07 Å². The van der Waals surface area contributed by atoms with Gasteiger partial charge in [-0.3, -0.25) is 4.79 Å². The maximum Gasteiger partial charge on any atom is 0.419 e. The van der Waals surface area contributed by atoms with Gasteiger partial charge in [-0.2, -0.15) is 13.2 Å². The lowest BCUT2D eigenvalue weighted by Crippen LogP contribution is -2.39. The number of ether oxygens (including phenoxy) is 1. The summed E-state index contributed by atoms with van der Waals surface area (Å²) in [4.78, 5) is 10.5. The van der Waals surface area contributed by atoms with Crippen molar-refractivity contribution < 1.29 is 27.1 Å². The second-order valence-corrected chi connectivity index (χ2v) is 4.30. The molecule has 1 heterocycles. The molecule has 3 nitrogen and oxygen atoms in total. The van der Waals surface area contributed by atoms with Crippen LogP contribution in [0.2, 0.25) is 0 Å². The topological polar surface area (TPSA) is 38.3 Å². The molecule has 1 amide bonds. The Morgan fingerprint density at radius 2 is 2.05 bits per heavy atom. The number of nitrogens with one attached hydrogen (secondary N) is 1. The van der Waals surface area contributed by atoms with Gasteiger partial charge in [0.2, 0.25) is 6.41 Å². The summed E-state index contributed by atoms with van der Waals surface area (Å²) in [6.45, 7) is 0.766. The van der Waals surface area contributed by atoms with Crippen LogP contribution < -0.4 is 5.32 Å². The second kappa shape index (κ2) is 5.16. The highest BCUT2D eigenvalue weighted by molar-refractivity contribution is 5.48. The molecule has 1 aliphatic heterocycles. The Kier molecular flexibility index (Phi) is 3.75. The predicted octanol–water partition coefficient (Wildman–Crippen LogP) is 2.28. The van der Waals surface area contributed by atoms with Crippen molar-refractivity contribution in [2.45, 2.75) is 12.2 Å². The molecule has 1 fully saturated rings. The summed E-state index contributed by atoms with van der Waals surface area (Å²) in [5.74, 6) is -1.40. The Hall–Kier alpha value is -1.63. The Balaban J connectivity index is 2.28. The molecule has 0 spiro atoms. The first-order valence-electron chi connectivity index (χ1n) is 5.57. The first-order valence-corrected chi connectivity index (χ1v) is 5.57. The lowest BCUT2D eigenvalue weighted by molar-refractivity contribution is -0.140. The molecular weight excluding hydrogens is 266 g/mol. The molecule has 7 heteroatoms. The summed E-state index contributed by atoms with van der Waals surface area (Å²) in [5, 5.41) is 2.48. The third-order valence-corrected chi connectivity index (χ3v) is 3.04. The molecule has 1 aromatic carbocycles. The van der Waals surface area contributed by atoms with Gasteiger partial charge in [0.1, 0.15) is 5.82 Å². The highest BCUT2D eigenvalue weighted by Crippen LogP contribution is 2.34. The average molecular weight is 277 g/mol. The molecule has 0 bridgehead atoms. The van der Waals surface area contributed by atoms with E-state index in [9.17, 15) is 22.4 Å². The Labute approximate surface area is 106 Å². The van der Waals surface area contributed by atoms with Crippen LogP contribution in [0.1, 0.15) is 17.2 Å². The van der Waals surface area contributed by atoms with Crippen LogP contribution in [0.25, 0.3) is 0 Å². The zero-order chi connectivity index (χ0) is 14.0. The van der Waals surface area contributed by atoms with E-state index in [0.29, 0.717) is 31.3 Å². The maximum atomic E-state index is 13.5. The second-order valence-electron chi connectivity index (χ2n) is 4.30. The largest absolute Gasteiger partial charge is 0.419 e. The van der Waals surface area contributed by atoms with E-state index in [2.05, 4.69) is 5.32 Å². The van der Waals surface area contributed by atoms with Gasteiger partial charge in [-0.1, -0.05) is 6.07 Å². The zero-order valence-corrected chi connectivity index (χ0v) is 9.71. The molecule has 0 saturated carbocycles. The van der Waals surface area contributed by atoms with Crippen LogP contribution in [0.5, 0.6) is 0 Å². The van der Waals surface area contributed by atoms with Crippen molar-refractivity contribution in [3.8, 4) is 0 Å². The summed E-state index contributed by atoms with van der Waals surface area (Å²) in [6, 6.07) is 2.13. The summed E-state index contributed by atoms with van der Waals surface area (Å²) in [7, 11) is 0. The van der Waals surface area contributed by atoms with Crippen LogP contribution >= 0.6 is 0 Å². The SMILES string of the molecule is O=CN[C@@H](c1ccc(C(F)(F)F)c(F)c1)C1COC1. The molecule has 0 aromatic heterocycles. The number of carbonyl (C=O) groups is 1. The maximum absolute atomic E-state index is 13.5. The number of rotatable bonds is 4. The van der Waals surface area contributed by atoms with E-state index >= 15 is 0 Å². The van der Waals surface area contributed by atoms with E-state index in [1.54, 1.807) is 0 Å². The summed E-state index contributed by atoms with van der Waals surface area (Å²) in [6.07, 6.45) is -4.28. The first-order chi connectivity index (χ1) is 8.93. The third-order valence-electron chi connectivity index (χ3n) is 3.04. The number of halogens is 4. The molecule has 0 radical (unpaired) electrons. The van der Waals surface area contributed by atoms with Gasteiger partial charge in [0.15, 0.2) is 0 Å². The van der Waals surface area contributed by atoms with Crippen molar-refractivity contribution >= 4 is 6.41 Å². The van der Waals surface area contributed by atoms with Crippen molar-refractivity contribution in [2.75, 3.05) is 13.2 Å². The lowest BCUT2D eigenvalue weighted by Gasteiger charge is -2.33. The van der Waals surface area contributed by atoms with Crippen LogP contribution in [0.4, 0.5) is 17.6 Å². The minimum absolute atomic E-state index is 0.0543. The van der Waals surface area contributed by atoms with E-state index in [-0.39, 0.29) is 5.92 Å². The van der Waals surface area contributed by atoms with Crippen LogP contribution in [0.15, 0.2) is 18.2 Å². The highest BCUT2D eigenvalue weighted by Gasteiger charge is 2.35. The molecule has 1 aliphatic rings. The summed E-state index contributed by atoms with van der Waals surface area (Å²) < 4.78 is 55.7. The molecule has 0 aliphatic carbocycles. The van der Waals surface area contributed by atoms with Crippen molar-refractivity contribution in [1.82, 2.24) is 5.32 Å². The Morgan fingerprint density at radius 1 is 1.37 bits per heavy atom. The number of hydrogen-bond acceptors (Lipinski definition) is 2. The first kappa shape index (κ1) is 13.8. The molecule has 1 aromatic rings. The molecule has 1 N–H and O–H groups in total. The van der Waals surface area contributed by atoms with Crippen LogP contribution in [0, 0.1) is 11.7 Å². The van der Waals surface area contributed by atoms with Gasteiger partial charge in [-0.15, -0.1) is 0 Å². The van der Waals surface area contributed by atoms with Crippen LogP contribution in [-0.2, 0) is 15.7 Å². The average Bonchev–Trinajstić information content (AvgIpc) is 2.24. The summed E-state index contributed by atoms with van der Waals surface area (Å²) >= 11 is 0.